The highest BCUT2D eigenvalue weighted by molar-refractivity contribution is 6.31. The van der Waals surface area contributed by atoms with Crippen LogP contribution in [0.2, 0.25) is 5.02 Å². The number of anilines is 1. The number of aromatic nitrogens is 5. The molecule has 5 aromatic rings. The Morgan fingerprint density at radius 3 is 2.67 bits per heavy atom. The average molecular weight is 465 g/mol. The van der Waals surface area contributed by atoms with Crippen LogP contribution in [0.3, 0.4) is 0 Å². The van der Waals surface area contributed by atoms with Gasteiger partial charge in [0.25, 0.3) is 5.56 Å². The number of hydrogen-bond acceptors (Lipinski definition) is 5. The number of halogens is 2. The van der Waals surface area contributed by atoms with Crippen molar-refractivity contribution in [2.75, 3.05) is 5.73 Å². The zero-order valence-electron chi connectivity index (χ0n) is 18.1. The molecule has 3 N–H and O–H groups in total. The molecule has 168 valence electrons. The highest BCUT2D eigenvalue weighted by Gasteiger charge is 2.12. The van der Waals surface area contributed by atoms with Crippen LogP contribution >= 0.6 is 11.6 Å². The summed E-state index contributed by atoms with van der Waals surface area (Å²) in [6, 6.07) is 11.8. The topological polar surface area (TPSA) is 102 Å². The number of H-pyrrole nitrogens is 1. The molecule has 0 aliphatic heterocycles. The van der Waals surface area contributed by atoms with E-state index in [4.69, 9.17) is 17.3 Å². The Morgan fingerprint density at radius 2 is 1.94 bits per heavy atom. The number of aryl methyl sites for hydroxylation is 2. The fourth-order valence-electron chi connectivity index (χ4n) is 3.56. The van der Waals surface area contributed by atoms with Crippen LogP contribution in [-0.4, -0.2) is 24.5 Å². The number of rotatable bonds is 3. The quantitative estimate of drug-likeness (QED) is 0.392. The fraction of sp³-hybridized carbons (Fsp3) is 0.167. The van der Waals surface area contributed by atoms with Gasteiger partial charge in [0.1, 0.15) is 17.7 Å². The molecule has 0 radical (unpaired) electrons. The SMILES string of the molecule is CCCc1cc2ccc(F)cc2c(=O)n1-c1ccc(C)c(Cl)c1.Nc1ncnc2nc[nH]c12. The van der Waals surface area contributed by atoms with E-state index in [1.54, 1.807) is 16.7 Å². The highest BCUT2D eigenvalue weighted by atomic mass is 35.5. The number of nitrogens with two attached hydrogens (primary N) is 1. The molecule has 0 bridgehead atoms. The monoisotopic (exact) mass is 464 g/mol. The maximum Gasteiger partial charge on any atom is 0.263 e. The predicted octanol–water partition coefficient (Wildman–Crippen LogP) is 4.98. The molecule has 33 heavy (non-hydrogen) atoms. The maximum absolute atomic E-state index is 13.5. The molecule has 0 atom stereocenters. The first kappa shape index (κ1) is 22.4. The van der Waals surface area contributed by atoms with Gasteiger partial charge in [0.05, 0.1) is 17.4 Å². The second kappa shape index (κ2) is 9.38. The third kappa shape index (κ3) is 4.56. The van der Waals surface area contributed by atoms with Gasteiger partial charge < -0.3 is 10.7 Å². The third-order valence-corrected chi connectivity index (χ3v) is 5.64. The first-order valence-corrected chi connectivity index (χ1v) is 10.8. The summed E-state index contributed by atoms with van der Waals surface area (Å²) in [5, 5.41) is 1.74. The number of nitrogens with zero attached hydrogens (tertiary/aromatic N) is 4. The van der Waals surface area contributed by atoms with Gasteiger partial charge in [-0.25, -0.2) is 19.3 Å². The van der Waals surface area contributed by atoms with Crippen molar-refractivity contribution in [2.24, 2.45) is 0 Å². The second-order valence-electron chi connectivity index (χ2n) is 7.55. The van der Waals surface area contributed by atoms with Crippen LogP contribution in [0.4, 0.5) is 10.2 Å². The third-order valence-electron chi connectivity index (χ3n) is 5.23. The summed E-state index contributed by atoms with van der Waals surface area (Å²) in [7, 11) is 0. The Kier molecular flexibility index (Phi) is 6.37. The standard InChI is InChI=1S/C19H17ClFNO.C5H5N5/c1-3-4-15-9-13-6-7-14(21)10-17(13)19(23)22(15)16-8-5-12(2)18(20)11-16;6-4-3-5(9-1-7-3)10-2-8-4/h5-11H,3-4H2,1-2H3;1-2H,(H3,6,7,8,9,10). The molecule has 0 saturated heterocycles. The van der Waals surface area contributed by atoms with E-state index in [1.165, 1.54) is 24.8 Å². The average Bonchev–Trinajstić information content (AvgIpc) is 3.28. The lowest BCUT2D eigenvalue weighted by atomic mass is 10.1. The molecule has 7 nitrogen and oxygen atoms in total. The summed E-state index contributed by atoms with van der Waals surface area (Å²) in [5.41, 5.74) is 9.12. The van der Waals surface area contributed by atoms with Gasteiger partial charge in [-0.05, 0) is 54.6 Å². The number of benzene rings is 2. The number of pyridine rings is 1. The Hall–Kier alpha value is -3.78. The largest absolute Gasteiger partial charge is 0.382 e. The van der Waals surface area contributed by atoms with Gasteiger partial charge in [-0.1, -0.05) is 37.1 Å². The Bertz CT molecular complexity index is 1510. The van der Waals surface area contributed by atoms with Gasteiger partial charge in [0.15, 0.2) is 11.5 Å². The van der Waals surface area contributed by atoms with Crippen molar-refractivity contribution in [3.05, 3.63) is 87.6 Å². The molecule has 0 aliphatic carbocycles. The predicted molar refractivity (Wildman–Crippen MR) is 129 cm³/mol. The molecule has 3 heterocycles. The molecule has 0 spiro atoms. The number of fused-ring (bicyclic) bond motifs is 2. The molecule has 9 heteroatoms. The summed E-state index contributed by atoms with van der Waals surface area (Å²) in [6.07, 6.45) is 4.59. The summed E-state index contributed by atoms with van der Waals surface area (Å²) < 4.78 is 15.2. The number of nitrogen functional groups attached to an aromatic ring is 1. The minimum atomic E-state index is -0.411. The molecule has 0 fully saturated rings. The molecule has 2 aromatic carbocycles. The fourth-order valence-corrected chi connectivity index (χ4v) is 3.74. The Balaban J connectivity index is 0.000000214. The Morgan fingerprint density at radius 1 is 1.12 bits per heavy atom. The van der Waals surface area contributed by atoms with Crippen molar-refractivity contribution < 1.29 is 4.39 Å². The van der Waals surface area contributed by atoms with E-state index in [1.807, 2.05) is 25.1 Å². The smallest absolute Gasteiger partial charge is 0.263 e. The van der Waals surface area contributed by atoms with Gasteiger partial charge in [-0.15, -0.1) is 0 Å². The van der Waals surface area contributed by atoms with Crippen molar-refractivity contribution in [1.29, 1.82) is 0 Å². The lowest BCUT2D eigenvalue weighted by Crippen LogP contribution is -2.22. The maximum atomic E-state index is 13.5. The van der Waals surface area contributed by atoms with Crippen LogP contribution in [0.1, 0.15) is 24.6 Å². The minimum Gasteiger partial charge on any atom is -0.382 e. The molecule has 0 unspecified atom stereocenters. The molecular weight excluding hydrogens is 443 g/mol. The second-order valence-corrected chi connectivity index (χ2v) is 7.96. The highest BCUT2D eigenvalue weighted by Crippen LogP contribution is 2.22. The zero-order chi connectivity index (χ0) is 23.5. The molecule has 5 rings (SSSR count). The van der Waals surface area contributed by atoms with Crippen molar-refractivity contribution in [3.8, 4) is 5.69 Å². The van der Waals surface area contributed by atoms with Gasteiger partial charge >= 0.3 is 0 Å². The van der Waals surface area contributed by atoms with E-state index in [-0.39, 0.29) is 5.56 Å². The van der Waals surface area contributed by atoms with Gasteiger partial charge in [-0.2, -0.15) is 0 Å². The van der Waals surface area contributed by atoms with Crippen LogP contribution < -0.4 is 11.3 Å². The van der Waals surface area contributed by atoms with E-state index < -0.39 is 5.82 Å². The lowest BCUT2D eigenvalue weighted by Gasteiger charge is -2.15. The first-order valence-electron chi connectivity index (χ1n) is 10.4. The molecule has 0 aliphatic rings. The van der Waals surface area contributed by atoms with Crippen LogP contribution in [0, 0.1) is 12.7 Å². The van der Waals surface area contributed by atoms with E-state index >= 15 is 0 Å². The summed E-state index contributed by atoms with van der Waals surface area (Å²) in [4.78, 5) is 27.3. The number of nitrogens with one attached hydrogen (secondary N) is 1. The number of aromatic amines is 1. The van der Waals surface area contributed by atoms with Crippen LogP contribution in [0.15, 0.2) is 59.9 Å². The first-order chi connectivity index (χ1) is 15.9. The van der Waals surface area contributed by atoms with Gasteiger partial charge in [-0.3, -0.25) is 9.36 Å². The number of imidazole rings is 1. The van der Waals surface area contributed by atoms with E-state index in [2.05, 4.69) is 26.9 Å². The van der Waals surface area contributed by atoms with E-state index in [0.717, 1.165) is 29.5 Å². The number of hydrogen-bond donors (Lipinski definition) is 2. The lowest BCUT2D eigenvalue weighted by molar-refractivity contribution is 0.629. The van der Waals surface area contributed by atoms with Crippen LogP contribution in [0.5, 0.6) is 0 Å². The molecule has 0 amide bonds. The van der Waals surface area contributed by atoms with E-state index in [0.29, 0.717) is 33.1 Å². The Labute approximate surface area is 194 Å². The van der Waals surface area contributed by atoms with E-state index in [9.17, 15) is 9.18 Å². The molecular formula is C24H22ClFN6O. The van der Waals surface area contributed by atoms with Crippen molar-refractivity contribution in [1.82, 2.24) is 24.5 Å². The van der Waals surface area contributed by atoms with Crippen molar-refractivity contribution in [3.63, 3.8) is 0 Å². The normalized spacial score (nSPS) is 10.9. The van der Waals surface area contributed by atoms with Crippen molar-refractivity contribution >= 4 is 39.4 Å². The van der Waals surface area contributed by atoms with Crippen molar-refractivity contribution in [2.45, 2.75) is 26.7 Å². The van der Waals surface area contributed by atoms with Crippen LogP contribution in [-0.2, 0) is 6.42 Å². The van der Waals surface area contributed by atoms with Crippen LogP contribution in [0.25, 0.3) is 27.6 Å². The van der Waals surface area contributed by atoms with Gasteiger partial charge in [0, 0.05) is 10.7 Å². The summed E-state index contributed by atoms with van der Waals surface area (Å²) >= 11 is 6.21. The van der Waals surface area contributed by atoms with Gasteiger partial charge in [0.2, 0.25) is 0 Å². The minimum absolute atomic E-state index is 0.217. The molecule has 0 saturated carbocycles. The zero-order valence-corrected chi connectivity index (χ0v) is 18.9. The summed E-state index contributed by atoms with van der Waals surface area (Å²) in [6.45, 7) is 3.98. The summed E-state index contributed by atoms with van der Waals surface area (Å²) in [5.74, 6) is 0.0221. The molecule has 3 aromatic heterocycles.